The smallest absolute Gasteiger partial charge is 0.325 e. The molecule has 0 aliphatic heterocycles. The van der Waals surface area contributed by atoms with E-state index in [1.165, 1.54) is 0 Å². The van der Waals surface area contributed by atoms with E-state index in [4.69, 9.17) is 9.47 Å². The van der Waals surface area contributed by atoms with Crippen LogP contribution in [0.4, 0.5) is 0 Å². The minimum atomic E-state index is -0.697. The van der Waals surface area contributed by atoms with Gasteiger partial charge in [0.2, 0.25) is 0 Å². The maximum absolute atomic E-state index is 12.3. The van der Waals surface area contributed by atoms with Crippen LogP contribution in [-0.4, -0.2) is 44.1 Å². The van der Waals surface area contributed by atoms with Crippen molar-refractivity contribution in [2.24, 2.45) is 0 Å². The highest BCUT2D eigenvalue weighted by Gasteiger charge is 2.11. The average Bonchev–Trinajstić information content (AvgIpc) is 2.88. The molecule has 0 aromatic heterocycles. The van der Waals surface area contributed by atoms with Crippen molar-refractivity contribution in [2.45, 2.75) is 0 Å². The maximum atomic E-state index is 12.3. The van der Waals surface area contributed by atoms with Crippen molar-refractivity contribution in [1.82, 2.24) is 10.6 Å². The quantitative estimate of drug-likeness (QED) is 0.297. The Bertz CT molecular complexity index is 1330. The van der Waals surface area contributed by atoms with Gasteiger partial charge < -0.3 is 20.1 Å². The fraction of sp³-hybridized carbons (Fsp3) is 0.148. The molecule has 0 aliphatic rings. The van der Waals surface area contributed by atoms with Crippen LogP contribution >= 0.6 is 0 Å². The van der Waals surface area contributed by atoms with Crippen molar-refractivity contribution in [3.05, 3.63) is 90.5 Å². The molecule has 0 radical (unpaired) electrons. The molecule has 4 aromatic carbocycles. The summed E-state index contributed by atoms with van der Waals surface area (Å²) in [5, 5.41) is 9.28. The van der Waals surface area contributed by atoms with Crippen molar-refractivity contribution >= 4 is 39.3 Å². The van der Waals surface area contributed by atoms with Crippen molar-refractivity contribution in [2.75, 3.05) is 26.3 Å². The van der Waals surface area contributed by atoms with Gasteiger partial charge in [0.25, 0.3) is 11.8 Å². The predicted octanol–water partition coefficient (Wildman–Crippen LogP) is 3.46. The van der Waals surface area contributed by atoms with Gasteiger partial charge in [-0.2, -0.15) is 0 Å². The second kappa shape index (κ2) is 11.0. The molecule has 4 rings (SSSR count). The van der Waals surface area contributed by atoms with Gasteiger partial charge in [-0.05, 0) is 45.8 Å². The van der Waals surface area contributed by atoms with Gasteiger partial charge in [-0.15, -0.1) is 0 Å². The molecule has 2 amide bonds. The van der Waals surface area contributed by atoms with E-state index in [1.807, 2.05) is 72.8 Å². The zero-order chi connectivity index (χ0) is 23.8. The maximum Gasteiger partial charge on any atom is 0.325 e. The third kappa shape index (κ3) is 6.10. The molecule has 0 spiro atoms. The number of carbonyl (C=O) groups is 3. The number of hydrogen-bond acceptors (Lipinski definition) is 5. The minimum Gasteiger partial charge on any atom is -0.492 e. The molecule has 0 saturated carbocycles. The molecule has 0 fully saturated rings. The number of ether oxygens (including phenoxy) is 2. The Morgan fingerprint density at radius 1 is 0.706 bits per heavy atom. The number of carbonyl (C=O) groups excluding carboxylic acids is 3. The minimum absolute atomic E-state index is 0.266. The molecule has 7 nitrogen and oxygen atoms in total. The van der Waals surface area contributed by atoms with Gasteiger partial charge in [0.05, 0.1) is 6.54 Å². The average molecular weight is 456 g/mol. The predicted molar refractivity (Wildman–Crippen MR) is 130 cm³/mol. The van der Waals surface area contributed by atoms with Gasteiger partial charge in [0.1, 0.15) is 18.9 Å². The highest BCUT2D eigenvalue weighted by molar-refractivity contribution is 5.99. The van der Waals surface area contributed by atoms with E-state index in [1.54, 1.807) is 12.1 Å². The van der Waals surface area contributed by atoms with Crippen molar-refractivity contribution in [1.29, 1.82) is 0 Å². The molecular formula is C27H24N2O5. The molecule has 0 heterocycles. The third-order valence-corrected chi connectivity index (χ3v) is 5.18. The van der Waals surface area contributed by atoms with Crippen LogP contribution in [0.2, 0.25) is 0 Å². The Kier molecular flexibility index (Phi) is 7.35. The number of benzene rings is 4. The van der Waals surface area contributed by atoms with Gasteiger partial charge >= 0.3 is 5.97 Å². The van der Waals surface area contributed by atoms with E-state index in [0.29, 0.717) is 11.3 Å². The number of amides is 2. The van der Waals surface area contributed by atoms with Gasteiger partial charge in [0, 0.05) is 5.56 Å². The van der Waals surface area contributed by atoms with Crippen LogP contribution in [-0.2, 0) is 14.3 Å². The SMILES string of the molecule is O=C(COC(=O)CNC(=O)c1ccc2ccccc2c1)NCCOc1ccc2ccccc2c1. The summed E-state index contributed by atoms with van der Waals surface area (Å²) in [5.41, 5.74) is 0.440. The fourth-order valence-corrected chi connectivity index (χ4v) is 3.45. The van der Waals surface area contributed by atoms with Crippen molar-refractivity contribution in [3.8, 4) is 5.75 Å². The topological polar surface area (TPSA) is 93.7 Å². The highest BCUT2D eigenvalue weighted by Crippen LogP contribution is 2.20. The molecule has 0 aliphatic carbocycles. The lowest BCUT2D eigenvalue weighted by Crippen LogP contribution is -2.35. The largest absolute Gasteiger partial charge is 0.492 e. The molecule has 7 heteroatoms. The van der Waals surface area contributed by atoms with Crippen LogP contribution in [0.25, 0.3) is 21.5 Å². The summed E-state index contributed by atoms with van der Waals surface area (Å²) in [7, 11) is 0. The molecule has 0 bridgehead atoms. The zero-order valence-corrected chi connectivity index (χ0v) is 18.5. The summed E-state index contributed by atoms with van der Waals surface area (Å²) in [6.45, 7) is -0.216. The summed E-state index contributed by atoms with van der Waals surface area (Å²) >= 11 is 0. The van der Waals surface area contributed by atoms with Gasteiger partial charge in [-0.25, -0.2) is 0 Å². The lowest BCUT2D eigenvalue weighted by molar-refractivity contribution is -0.147. The van der Waals surface area contributed by atoms with Gasteiger partial charge in [-0.3, -0.25) is 14.4 Å². The first kappa shape index (κ1) is 22.8. The van der Waals surface area contributed by atoms with Crippen LogP contribution in [0.5, 0.6) is 5.75 Å². The Labute approximate surface area is 196 Å². The van der Waals surface area contributed by atoms with E-state index in [9.17, 15) is 14.4 Å². The molecule has 34 heavy (non-hydrogen) atoms. The molecule has 2 N–H and O–H groups in total. The Morgan fingerprint density at radius 2 is 1.35 bits per heavy atom. The summed E-state index contributed by atoms with van der Waals surface area (Å²) in [6.07, 6.45) is 0. The second-order valence-corrected chi connectivity index (χ2v) is 7.61. The molecule has 0 saturated heterocycles. The first-order valence-corrected chi connectivity index (χ1v) is 10.9. The van der Waals surface area contributed by atoms with Gasteiger partial charge in [-0.1, -0.05) is 60.7 Å². The monoisotopic (exact) mass is 456 g/mol. The first-order valence-electron chi connectivity index (χ1n) is 10.9. The molecule has 4 aromatic rings. The van der Waals surface area contributed by atoms with Crippen molar-refractivity contribution in [3.63, 3.8) is 0 Å². The van der Waals surface area contributed by atoms with Crippen LogP contribution in [0.1, 0.15) is 10.4 Å². The summed E-state index contributed by atoms with van der Waals surface area (Å²) < 4.78 is 10.6. The van der Waals surface area contributed by atoms with Crippen LogP contribution in [0.15, 0.2) is 84.9 Å². The summed E-state index contributed by atoms with van der Waals surface area (Å²) in [4.78, 5) is 36.0. The third-order valence-electron chi connectivity index (χ3n) is 5.18. The Morgan fingerprint density at radius 3 is 2.09 bits per heavy atom. The molecule has 0 unspecified atom stereocenters. The standard InChI is InChI=1S/C27H24N2O5/c30-25(28-13-14-33-24-12-11-20-6-2-4-8-22(20)16-24)18-34-26(31)17-29-27(32)23-10-9-19-5-1-3-7-21(19)15-23/h1-12,15-16H,13-14,17-18H2,(H,28,30)(H,29,32). The number of hydrogen-bond donors (Lipinski definition) is 2. The van der Waals surface area contributed by atoms with E-state index >= 15 is 0 Å². The number of esters is 1. The Hall–Kier alpha value is -4.39. The van der Waals surface area contributed by atoms with Gasteiger partial charge in [0.15, 0.2) is 6.61 Å². The first-order chi connectivity index (χ1) is 16.6. The normalized spacial score (nSPS) is 10.6. The van der Waals surface area contributed by atoms with Crippen molar-refractivity contribution < 1.29 is 23.9 Å². The number of fused-ring (bicyclic) bond motifs is 2. The number of nitrogens with one attached hydrogen (secondary N) is 2. The lowest BCUT2D eigenvalue weighted by Gasteiger charge is -2.09. The second-order valence-electron chi connectivity index (χ2n) is 7.61. The van der Waals surface area contributed by atoms with E-state index in [0.717, 1.165) is 21.5 Å². The number of rotatable bonds is 9. The Balaban J connectivity index is 1.13. The fourth-order valence-electron chi connectivity index (χ4n) is 3.45. The van der Waals surface area contributed by atoms with E-state index in [2.05, 4.69) is 10.6 Å². The van der Waals surface area contributed by atoms with Crippen LogP contribution < -0.4 is 15.4 Å². The van der Waals surface area contributed by atoms with Crippen LogP contribution in [0.3, 0.4) is 0 Å². The highest BCUT2D eigenvalue weighted by atomic mass is 16.5. The molecule has 172 valence electrons. The van der Waals surface area contributed by atoms with E-state index < -0.39 is 24.4 Å². The molecule has 0 atom stereocenters. The summed E-state index contributed by atoms with van der Waals surface area (Å²) in [5.74, 6) is -0.826. The van der Waals surface area contributed by atoms with E-state index in [-0.39, 0.29) is 19.7 Å². The molecular weight excluding hydrogens is 432 g/mol. The lowest BCUT2D eigenvalue weighted by atomic mass is 10.1. The van der Waals surface area contributed by atoms with Crippen LogP contribution in [0, 0.1) is 0 Å². The summed E-state index contributed by atoms with van der Waals surface area (Å²) in [6, 6.07) is 26.7. The zero-order valence-electron chi connectivity index (χ0n) is 18.5.